The summed E-state index contributed by atoms with van der Waals surface area (Å²) in [5, 5.41) is 0.940. The molecule has 0 amide bonds. The molecule has 4 heteroatoms. The maximum absolute atomic E-state index is 11.2. The molecule has 0 spiro atoms. The first kappa shape index (κ1) is 8.74. The number of hydrogen-bond donors (Lipinski definition) is 0. The van der Waals surface area contributed by atoms with Crippen LogP contribution in [0.1, 0.15) is 10.4 Å². The third-order valence-electron chi connectivity index (χ3n) is 2.13. The zero-order valence-electron chi connectivity index (χ0n) is 8.02. The van der Waals surface area contributed by atoms with Gasteiger partial charge in [-0.15, -0.1) is 0 Å². The normalized spacial score (nSPS) is 10.4. The van der Waals surface area contributed by atoms with Gasteiger partial charge in [0.1, 0.15) is 5.65 Å². The number of nitrogens with zero attached hydrogens (tertiary/aromatic N) is 2. The van der Waals surface area contributed by atoms with Crippen molar-refractivity contribution < 1.29 is 9.53 Å². The van der Waals surface area contributed by atoms with Gasteiger partial charge < -0.3 is 9.30 Å². The average Bonchev–Trinajstić information content (AvgIpc) is 2.59. The molecule has 2 aromatic rings. The average molecular weight is 190 g/mol. The zero-order valence-corrected chi connectivity index (χ0v) is 8.02. The molecule has 0 saturated carbocycles. The summed E-state index contributed by atoms with van der Waals surface area (Å²) in [5.74, 6) is -0.358. The van der Waals surface area contributed by atoms with Gasteiger partial charge >= 0.3 is 5.97 Å². The van der Waals surface area contributed by atoms with E-state index in [1.54, 1.807) is 6.07 Å². The van der Waals surface area contributed by atoms with Gasteiger partial charge in [-0.3, -0.25) is 0 Å². The van der Waals surface area contributed by atoms with Gasteiger partial charge in [0, 0.05) is 24.8 Å². The molecule has 0 aliphatic rings. The molecule has 0 fully saturated rings. The molecule has 0 bridgehead atoms. The number of esters is 1. The largest absolute Gasteiger partial charge is 0.465 e. The van der Waals surface area contributed by atoms with Crippen LogP contribution >= 0.6 is 0 Å². The lowest BCUT2D eigenvalue weighted by Gasteiger charge is -1.99. The smallest absolute Gasteiger partial charge is 0.339 e. The number of pyridine rings is 1. The van der Waals surface area contributed by atoms with Crippen molar-refractivity contribution in [1.29, 1.82) is 0 Å². The number of hydrogen-bond acceptors (Lipinski definition) is 3. The fourth-order valence-corrected chi connectivity index (χ4v) is 1.38. The van der Waals surface area contributed by atoms with Crippen LogP contribution in [0.2, 0.25) is 0 Å². The zero-order chi connectivity index (χ0) is 10.1. The Bertz CT molecular complexity index is 488. The summed E-state index contributed by atoms with van der Waals surface area (Å²) >= 11 is 0. The van der Waals surface area contributed by atoms with Crippen LogP contribution in [0.5, 0.6) is 0 Å². The highest BCUT2D eigenvalue weighted by atomic mass is 16.5. The second-order valence-corrected chi connectivity index (χ2v) is 3.06. The summed E-state index contributed by atoms with van der Waals surface area (Å²) in [6.07, 6.45) is 3.42. The maximum Gasteiger partial charge on any atom is 0.339 e. The van der Waals surface area contributed by atoms with Gasteiger partial charge in [-0.2, -0.15) is 0 Å². The molecule has 0 radical (unpaired) electrons. The number of methoxy groups -OCH3 is 1. The standard InChI is InChI=1S/C10H10N2O2/c1-12-4-3-7-5-8(10(13)14-2)6-11-9(7)12/h3-6H,1-2H3. The Kier molecular flexibility index (Phi) is 1.96. The number of aryl methyl sites for hydroxylation is 1. The Morgan fingerprint density at radius 3 is 3.07 bits per heavy atom. The van der Waals surface area contributed by atoms with E-state index < -0.39 is 0 Å². The number of ether oxygens (including phenoxy) is 1. The number of rotatable bonds is 1. The van der Waals surface area contributed by atoms with Gasteiger partial charge in [-0.25, -0.2) is 9.78 Å². The molecule has 14 heavy (non-hydrogen) atoms. The molecule has 0 N–H and O–H groups in total. The molecule has 0 aliphatic carbocycles. The van der Waals surface area contributed by atoms with E-state index in [4.69, 9.17) is 0 Å². The van der Waals surface area contributed by atoms with Gasteiger partial charge in [0.2, 0.25) is 0 Å². The lowest BCUT2D eigenvalue weighted by Crippen LogP contribution is -2.01. The van der Waals surface area contributed by atoms with Crippen LogP contribution < -0.4 is 0 Å². The van der Waals surface area contributed by atoms with Crippen molar-refractivity contribution in [3.05, 3.63) is 30.1 Å². The molecule has 0 aliphatic heterocycles. The molecule has 2 aromatic heterocycles. The van der Waals surface area contributed by atoms with Gasteiger partial charge in [0.05, 0.1) is 12.7 Å². The third kappa shape index (κ3) is 1.25. The fourth-order valence-electron chi connectivity index (χ4n) is 1.38. The van der Waals surface area contributed by atoms with E-state index >= 15 is 0 Å². The molecule has 0 unspecified atom stereocenters. The van der Waals surface area contributed by atoms with Crippen molar-refractivity contribution in [2.24, 2.45) is 7.05 Å². The highest BCUT2D eigenvalue weighted by molar-refractivity contribution is 5.93. The fraction of sp³-hybridized carbons (Fsp3) is 0.200. The van der Waals surface area contributed by atoms with Gasteiger partial charge in [0.25, 0.3) is 0 Å². The van der Waals surface area contributed by atoms with Crippen molar-refractivity contribution in [3.63, 3.8) is 0 Å². The highest BCUT2D eigenvalue weighted by Crippen LogP contribution is 2.13. The third-order valence-corrected chi connectivity index (χ3v) is 2.13. The monoisotopic (exact) mass is 190 g/mol. The Hall–Kier alpha value is -1.84. The molecule has 0 atom stereocenters. The van der Waals surface area contributed by atoms with Crippen LogP contribution in [-0.2, 0) is 11.8 Å². The number of carbonyl (C=O) groups is 1. The number of carbonyl (C=O) groups excluding carboxylic acids is 1. The second-order valence-electron chi connectivity index (χ2n) is 3.06. The topological polar surface area (TPSA) is 44.1 Å². The first-order chi connectivity index (χ1) is 6.72. The summed E-state index contributed by atoms with van der Waals surface area (Å²) in [6, 6.07) is 3.68. The summed E-state index contributed by atoms with van der Waals surface area (Å²) in [6.45, 7) is 0. The van der Waals surface area contributed by atoms with E-state index in [-0.39, 0.29) is 5.97 Å². The molecule has 4 nitrogen and oxygen atoms in total. The molecule has 2 heterocycles. The first-order valence-electron chi connectivity index (χ1n) is 4.22. The Morgan fingerprint density at radius 2 is 2.36 bits per heavy atom. The van der Waals surface area contributed by atoms with E-state index in [0.29, 0.717) is 5.56 Å². The first-order valence-corrected chi connectivity index (χ1v) is 4.22. The highest BCUT2D eigenvalue weighted by Gasteiger charge is 2.07. The van der Waals surface area contributed by atoms with Gasteiger partial charge in [0.15, 0.2) is 0 Å². The maximum atomic E-state index is 11.2. The Morgan fingerprint density at radius 1 is 1.57 bits per heavy atom. The van der Waals surface area contributed by atoms with Crippen LogP contribution in [0.15, 0.2) is 24.5 Å². The molecular weight excluding hydrogens is 180 g/mol. The van der Waals surface area contributed by atoms with E-state index in [0.717, 1.165) is 11.0 Å². The van der Waals surface area contributed by atoms with Crippen molar-refractivity contribution in [3.8, 4) is 0 Å². The van der Waals surface area contributed by atoms with Crippen molar-refractivity contribution in [2.45, 2.75) is 0 Å². The second kappa shape index (κ2) is 3.14. The molecule has 0 saturated heterocycles. The van der Waals surface area contributed by atoms with Crippen LogP contribution in [-0.4, -0.2) is 22.6 Å². The summed E-state index contributed by atoms with van der Waals surface area (Å²) in [7, 11) is 3.27. The number of aromatic nitrogens is 2. The van der Waals surface area contributed by atoms with Crippen LogP contribution in [0, 0.1) is 0 Å². The van der Waals surface area contributed by atoms with Crippen LogP contribution in [0.3, 0.4) is 0 Å². The minimum atomic E-state index is -0.358. The predicted octanol–water partition coefficient (Wildman–Crippen LogP) is 1.36. The number of fused-ring (bicyclic) bond motifs is 1. The van der Waals surface area contributed by atoms with E-state index in [9.17, 15) is 4.79 Å². The van der Waals surface area contributed by atoms with E-state index in [1.165, 1.54) is 13.3 Å². The van der Waals surface area contributed by atoms with Crippen LogP contribution in [0.4, 0.5) is 0 Å². The van der Waals surface area contributed by atoms with Gasteiger partial charge in [-0.1, -0.05) is 0 Å². The van der Waals surface area contributed by atoms with Crippen molar-refractivity contribution in [2.75, 3.05) is 7.11 Å². The van der Waals surface area contributed by atoms with Crippen molar-refractivity contribution in [1.82, 2.24) is 9.55 Å². The van der Waals surface area contributed by atoms with Crippen molar-refractivity contribution >= 4 is 17.0 Å². The van der Waals surface area contributed by atoms with E-state index in [2.05, 4.69) is 9.72 Å². The Balaban J connectivity index is 2.57. The molecule has 2 rings (SSSR count). The predicted molar refractivity (Wildman–Crippen MR) is 52.1 cm³/mol. The lowest BCUT2D eigenvalue weighted by molar-refractivity contribution is 0.0600. The minimum Gasteiger partial charge on any atom is -0.465 e. The minimum absolute atomic E-state index is 0.358. The summed E-state index contributed by atoms with van der Waals surface area (Å²) in [5.41, 5.74) is 1.34. The SMILES string of the molecule is COC(=O)c1cnc2c(ccn2C)c1. The molecule has 72 valence electrons. The van der Waals surface area contributed by atoms with Gasteiger partial charge in [-0.05, 0) is 12.1 Å². The summed E-state index contributed by atoms with van der Waals surface area (Å²) < 4.78 is 6.51. The van der Waals surface area contributed by atoms with Crippen LogP contribution in [0.25, 0.3) is 11.0 Å². The lowest BCUT2D eigenvalue weighted by atomic mass is 10.2. The summed E-state index contributed by atoms with van der Waals surface area (Å²) in [4.78, 5) is 15.4. The Labute approximate surface area is 81.1 Å². The quantitative estimate of drug-likeness (QED) is 0.638. The molecular formula is C10H10N2O2. The molecule has 0 aromatic carbocycles. The van der Waals surface area contributed by atoms with E-state index in [1.807, 2.05) is 23.9 Å².